The summed E-state index contributed by atoms with van der Waals surface area (Å²) in [4.78, 5) is 0.307. The van der Waals surface area contributed by atoms with Crippen molar-refractivity contribution in [3.8, 4) is 0 Å². The van der Waals surface area contributed by atoms with Crippen molar-refractivity contribution >= 4 is 25.8 Å². The third-order valence-corrected chi connectivity index (χ3v) is 4.79. The molecule has 2 N–H and O–H groups in total. The molecule has 0 saturated heterocycles. The number of rotatable bonds is 5. The van der Waals surface area contributed by atoms with Crippen molar-refractivity contribution in [3.63, 3.8) is 0 Å². The molecule has 0 aliphatic heterocycles. The van der Waals surface area contributed by atoms with Crippen molar-refractivity contribution in [1.29, 1.82) is 0 Å². The Labute approximate surface area is 120 Å². The molecule has 19 heavy (non-hydrogen) atoms. The summed E-state index contributed by atoms with van der Waals surface area (Å²) in [5.41, 5.74) is 6.32. The highest BCUT2D eigenvalue weighted by Crippen LogP contribution is 2.14. The topological polar surface area (TPSA) is 78.0 Å². The van der Waals surface area contributed by atoms with Gasteiger partial charge in [0.2, 0.25) is 0 Å². The fraction of sp³-hybridized carbons (Fsp3) is 0.250. The van der Waals surface area contributed by atoms with Crippen LogP contribution in [0, 0.1) is 0 Å². The van der Waals surface area contributed by atoms with Crippen LogP contribution in [0.3, 0.4) is 0 Å². The predicted octanol–water partition coefficient (Wildman–Crippen LogP) is 1.58. The van der Waals surface area contributed by atoms with Crippen molar-refractivity contribution in [2.45, 2.75) is 18.0 Å². The molecule has 2 aromatic rings. The number of hydrogen-bond acceptors (Lipinski definition) is 4. The number of nitrogens with two attached hydrogens (primary N) is 1. The highest BCUT2D eigenvalue weighted by atomic mass is 79.9. The number of aromatic nitrogens is 2. The minimum absolute atomic E-state index is 0.00907. The lowest BCUT2D eigenvalue weighted by molar-refractivity contribution is 0.580. The van der Waals surface area contributed by atoms with Gasteiger partial charge in [0.15, 0.2) is 9.84 Å². The fourth-order valence-corrected chi connectivity index (χ4v) is 3.27. The van der Waals surface area contributed by atoms with Crippen molar-refractivity contribution < 1.29 is 8.42 Å². The van der Waals surface area contributed by atoms with Gasteiger partial charge in [-0.05, 0) is 33.6 Å². The lowest BCUT2D eigenvalue weighted by Crippen LogP contribution is -2.14. The van der Waals surface area contributed by atoms with Gasteiger partial charge in [0, 0.05) is 12.7 Å². The van der Waals surface area contributed by atoms with Crippen LogP contribution in [0.25, 0.3) is 0 Å². The van der Waals surface area contributed by atoms with E-state index < -0.39 is 9.84 Å². The van der Waals surface area contributed by atoms with E-state index >= 15 is 0 Å². The fourth-order valence-electron chi connectivity index (χ4n) is 1.66. The zero-order valence-corrected chi connectivity index (χ0v) is 12.6. The molecular formula is C12H14BrN3O2S. The summed E-state index contributed by atoms with van der Waals surface area (Å²) >= 11 is 3.27. The van der Waals surface area contributed by atoms with E-state index in [0.29, 0.717) is 18.0 Å². The average molecular weight is 344 g/mol. The maximum Gasteiger partial charge on any atom is 0.180 e. The molecule has 0 bridgehead atoms. The quantitative estimate of drug-likeness (QED) is 0.893. The molecule has 0 aliphatic rings. The standard InChI is InChI=1S/C12H14BrN3O2S/c13-11-8-15-16(9-11)4-5-19(17,18)12-3-1-2-10(6-12)7-14/h1-3,6,8-9H,4-5,7,14H2. The minimum atomic E-state index is -3.31. The number of aryl methyl sites for hydroxylation is 1. The summed E-state index contributed by atoms with van der Waals surface area (Å²) in [6, 6.07) is 6.73. The van der Waals surface area contributed by atoms with E-state index in [-0.39, 0.29) is 5.75 Å². The van der Waals surface area contributed by atoms with E-state index in [9.17, 15) is 8.42 Å². The molecule has 0 unspecified atom stereocenters. The first-order valence-electron chi connectivity index (χ1n) is 5.71. The summed E-state index contributed by atoms with van der Waals surface area (Å²) in [5.74, 6) is 0.00907. The summed E-state index contributed by atoms with van der Waals surface area (Å²) in [7, 11) is -3.31. The van der Waals surface area contributed by atoms with Crippen LogP contribution in [0.2, 0.25) is 0 Å². The maximum atomic E-state index is 12.2. The van der Waals surface area contributed by atoms with Crippen LogP contribution < -0.4 is 5.73 Å². The molecule has 0 fully saturated rings. The Bertz CT molecular complexity index is 667. The molecule has 1 aromatic carbocycles. The zero-order chi connectivity index (χ0) is 13.9. The minimum Gasteiger partial charge on any atom is -0.326 e. The van der Waals surface area contributed by atoms with Crippen LogP contribution in [0.15, 0.2) is 46.0 Å². The van der Waals surface area contributed by atoms with Gasteiger partial charge in [-0.1, -0.05) is 12.1 Å². The van der Waals surface area contributed by atoms with Crippen LogP contribution in [0.4, 0.5) is 0 Å². The van der Waals surface area contributed by atoms with Gasteiger partial charge in [0.25, 0.3) is 0 Å². The van der Waals surface area contributed by atoms with E-state index in [4.69, 9.17) is 5.73 Å². The van der Waals surface area contributed by atoms with Crippen LogP contribution in [-0.2, 0) is 22.9 Å². The number of nitrogens with zero attached hydrogens (tertiary/aromatic N) is 2. The number of hydrogen-bond donors (Lipinski definition) is 1. The second kappa shape index (κ2) is 5.85. The first kappa shape index (κ1) is 14.2. The molecule has 0 spiro atoms. The highest BCUT2D eigenvalue weighted by molar-refractivity contribution is 9.10. The lowest BCUT2D eigenvalue weighted by atomic mass is 10.2. The number of sulfone groups is 1. The molecule has 2 rings (SSSR count). The summed E-state index contributed by atoms with van der Waals surface area (Å²) in [6.07, 6.45) is 3.37. The van der Waals surface area contributed by atoms with Gasteiger partial charge in [-0.2, -0.15) is 5.10 Å². The molecule has 0 aliphatic carbocycles. The number of halogens is 1. The normalized spacial score (nSPS) is 11.7. The van der Waals surface area contributed by atoms with E-state index in [1.807, 2.05) is 6.07 Å². The highest BCUT2D eigenvalue weighted by Gasteiger charge is 2.15. The van der Waals surface area contributed by atoms with E-state index in [1.54, 1.807) is 35.3 Å². The van der Waals surface area contributed by atoms with Gasteiger partial charge < -0.3 is 5.73 Å². The maximum absolute atomic E-state index is 12.2. The van der Waals surface area contributed by atoms with Crippen LogP contribution >= 0.6 is 15.9 Å². The Hall–Kier alpha value is -1.18. The molecule has 1 heterocycles. The Kier molecular flexibility index (Phi) is 4.38. The van der Waals surface area contributed by atoms with Crippen LogP contribution in [-0.4, -0.2) is 24.0 Å². The summed E-state index contributed by atoms with van der Waals surface area (Å²) in [6.45, 7) is 0.649. The molecule has 1 aromatic heterocycles. The first-order chi connectivity index (χ1) is 9.01. The van der Waals surface area contributed by atoms with Crippen LogP contribution in [0.5, 0.6) is 0 Å². The van der Waals surface area contributed by atoms with Gasteiger partial charge in [-0.3, -0.25) is 4.68 Å². The first-order valence-corrected chi connectivity index (χ1v) is 8.15. The molecule has 102 valence electrons. The molecule has 0 atom stereocenters. The van der Waals surface area contributed by atoms with E-state index in [2.05, 4.69) is 21.0 Å². The Morgan fingerprint density at radius 3 is 2.79 bits per heavy atom. The van der Waals surface area contributed by atoms with E-state index in [0.717, 1.165) is 10.0 Å². The Balaban J connectivity index is 2.13. The van der Waals surface area contributed by atoms with Gasteiger partial charge in [-0.15, -0.1) is 0 Å². The molecule has 0 amide bonds. The van der Waals surface area contributed by atoms with Crippen molar-refractivity contribution in [2.75, 3.05) is 5.75 Å². The monoisotopic (exact) mass is 343 g/mol. The molecular weight excluding hydrogens is 330 g/mol. The smallest absolute Gasteiger partial charge is 0.180 e. The van der Waals surface area contributed by atoms with Gasteiger partial charge >= 0.3 is 0 Å². The zero-order valence-electron chi connectivity index (χ0n) is 10.2. The lowest BCUT2D eigenvalue weighted by Gasteiger charge is -2.06. The molecule has 0 radical (unpaired) electrons. The second-order valence-electron chi connectivity index (χ2n) is 4.09. The van der Waals surface area contributed by atoms with Gasteiger partial charge in [0.1, 0.15) is 0 Å². The third-order valence-electron chi connectivity index (χ3n) is 2.68. The van der Waals surface area contributed by atoms with E-state index in [1.165, 1.54) is 0 Å². The van der Waals surface area contributed by atoms with Crippen molar-refractivity contribution in [1.82, 2.24) is 9.78 Å². The summed E-state index contributed by atoms with van der Waals surface area (Å²) in [5, 5.41) is 4.03. The molecule has 7 heteroatoms. The van der Waals surface area contributed by atoms with Gasteiger partial charge in [0.05, 0.1) is 27.9 Å². The SMILES string of the molecule is NCc1cccc(S(=O)(=O)CCn2cc(Br)cn2)c1. The van der Waals surface area contributed by atoms with Crippen LogP contribution in [0.1, 0.15) is 5.56 Å². The average Bonchev–Trinajstić information content (AvgIpc) is 2.82. The largest absolute Gasteiger partial charge is 0.326 e. The summed E-state index contributed by atoms with van der Waals surface area (Å²) < 4.78 is 26.8. The third kappa shape index (κ3) is 3.65. The number of benzene rings is 1. The molecule has 0 saturated carbocycles. The second-order valence-corrected chi connectivity index (χ2v) is 7.12. The Morgan fingerprint density at radius 1 is 1.37 bits per heavy atom. The van der Waals surface area contributed by atoms with Gasteiger partial charge in [-0.25, -0.2) is 8.42 Å². The van der Waals surface area contributed by atoms with Crippen molar-refractivity contribution in [2.24, 2.45) is 5.73 Å². The molecule has 5 nitrogen and oxygen atoms in total. The Morgan fingerprint density at radius 2 is 2.16 bits per heavy atom. The van der Waals surface area contributed by atoms with Crippen molar-refractivity contribution in [3.05, 3.63) is 46.7 Å². The predicted molar refractivity (Wildman–Crippen MR) is 76.3 cm³/mol.